The quantitative estimate of drug-likeness (QED) is 0.574. The lowest BCUT2D eigenvalue weighted by atomic mass is 9.97. The van der Waals surface area contributed by atoms with Gasteiger partial charge in [0, 0.05) is 24.4 Å². The summed E-state index contributed by atoms with van der Waals surface area (Å²) in [6.45, 7) is 7.14. The van der Waals surface area contributed by atoms with Crippen molar-refractivity contribution in [1.29, 1.82) is 0 Å². The van der Waals surface area contributed by atoms with Gasteiger partial charge in [-0.15, -0.1) is 0 Å². The molecule has 0 spiro atoms. The summed E-state index contributed by atoms with van der Waals surface area (Å²) < 4.78 is 5.91. The molecular formula is C24H25NO3. The highest BCUT2D eigenvalue weighted by Crippen LogP contribution is 2.63. The molecule has 4 rings (SSSR count). The number of hydrogen-bond donors (Lipinski definition) is 0. The minimum absolute atomic E-state index is 0.00898. The Morgan fingerprint density at radius 1 is 1.00 bits per heavy atom. The van der Waals surface area contributed by atoms with E-state index in [2.05, 4.69) is 6.07 Å². The summed E-state index contributed by atoms with van der Waals surface area (Å²) in [6, 6.07) is 17.9. The molecule has 1 heterocycles. The Kier molecular flexibility index (Phi) is 4.37. The van der Waals surface area contributed by atoms with Crippen molar-refractivity contribution in [3.63, 3.8) is 0 Å². The maximum atomic E-state index is 12.6. The van der Waals surface area contributed by atoms with Crippen LogP contribution in [-0.4, -0.2) is 17.9 Å². The molecule has 144 valence electrons. The number of benzene rings is 2. The van der Waals surface area contributed by atoms with Gasteiger partial charge < -0.3 is 9.64 Å². The minimum atomic E-state index is -0.599. The lowest BCUT2D eigenvalue weighted by molar-refractivity contribution is -0.148. The van der Waals surface area contributed by atoms with Gasteiger partial charge in [0.05, 0.1) is 11.5 Å². The van der Waals surface area contributed by atoms with Gasteiger partial charge in [-0.25, -0.2) is 0 Å². The van der Waals surface area contributed by atoms with Crippen LogP contribution in [0.3, 0.4) is 0 Å². The van der Waals surface area contributed by atoms with Gasteiger partial charge >= 0.3 is 5.97 Å². The van der Waals surface area contributed by atoms with Crippen molar-refractivity contribution in [3.8, 4) is 0 Å². The van der Waals surface area contributed by atoms with Crippen LogP contribution < -0.4 is 4.90 Å². The van der Waals surface area contributed by atoms with Crippen LogP contribution in [0.5, 0.6) is 0 Å². The van der Waals surface area contributed by atoms with Crippen LogP contribution in [0.25, 0.3) is 6.08 Å². The van der Waals surface area contributed by atoms with Crippen molar-refractivity contribution in [2.75, 3.05) is 4.90 Å². The highest BCUT2D eigenvalue weighted by Gasteiger charge is 2.63. The first-order chi connectivity index (χ1) is 13.3. The van der Waals surface area contributed by atoms with Gasteiger partial charge in [-0.2, -0.15) is 0 Å². The van der Waals surface area contributed by atoms with Gasteiger partial charge in [0.1, 0.15) is 5.76 Å². The highest BCUT2D eigenvalue weighted by molar-refractivity contribution is 5.97. The van der Waals surface area contributed by atoms with Gasteiger partial charge in [0.25, 0.3) is 0 Å². The van der Waals surface area contributed by atoms with Crippen LogP contribution in [0.15, 0.2) is 60.4 Å². The molecule has 1 fully saturated rings. The fourth-order valence-electron chi connectivity index (χ4n) is 4.04. The number of nitrogens with zero attached hydrogens (tertiary/aromatic N) is 1. The molecule has 0 radical (unpaired) electrons. The van der Waals surface area contributed by atoms with E-state index in [1.165, 1.54) is 0 Å². The summed E-state index contributed by atoms with van der Waals surface area (Å²) in [5.74, 6) is 0.556. The first kappa shape index (κ1) is 18.5. The molecule has 4 nitrogen and oxygen atoms in total. The zero-order chi connectivity index (χ0) is 20.1. The standard InChI is InChI=1S/C24H25NO3/c1-15(26)25-18-13-9-8-12-17(18)20-21(22(20)25)19(28-23(27)24(2,3)4)14-16-10-6-5-7-11-16/h5-14,20-22H,1-4H3/b19-14-. The van der Waals surface area contributed by atoms with Crippen molar-refractivity contribution in [2.45, 2.75) is 39.7 Å². The first-order valence-corrected chi connectivity index (χ1v) is 9.66. The number of hydrogen-bond acceptors (Lipinski definition) is 3. The second kappa shape index (κ2) is 6.62. The van der Waals surface area contributed by atoms with Crippen LogP contribution in [0, 0.1) is 11.3 Å². The fraction of sp³-hybridized carbons (Fsp3) is 0.333. The van der Waals surface area contributed by atoms with Gasteiger partial charge in [0.15, 0.2) is 0 Å². The number of rotatable bonds is 3. The SMILES string of the molecule is CC(=O)N1c2ccccc2C2C(/C(=C/c3ccccc3)OC(=O)C(C)(C)C)C21. The summed E-state index contributed by atoms with van der Waals surface area (Å²) in [5, 5.41) is 0. The number of fused-ring (bicyclic) bond motifs is 3. The van der Waals surface area contributed by atoms with Gasteiger partial charge in [-0.05, 0) is 44.0 Å². The topological polar surface area (TPSA) is 46.6 Å². The smallest absolute Gasteiger partial charge is 0.316 e. The number of amides is 1. The molecule has 1 amide bonds. The van der Waals surface area contributed by atoms with E-state index in [0.717, 1.165) is 16.8 Å². The summed E-state index contributed by atoms with van der Waals surface area (Å²) in [7, 11) is 0. The Bertz CT molecular complexity index is 955. The Morgan fingerprint density at radius 3 is 2.29 bits per heavy atom. The Balaban J connectivity index is 1.72. The lowest BCUT2D eigenvalue weighted by Crippen LogP contribution is -2.31. The van der Waals surface area contributed by atoms with Crippen LogP contribution in [0.1, 0.15) is 44.7 Å². The molecule has 1 aliphatic carbocycles. The van der Waals surface area contributed by atoms with Crippen LogP contribution in [0.4, 0.5) is 5.69 Å². The maximum Gasteiger partial charge on any atom is 0.316 e. The Hall–Kier alpha value is -2.88. The average Bonchev–Trinajstić information content (AvgIpc) is 3.26. The first-order valence-electron chi connectivity index (χ1n) is 9.66. The van der Waals surface area contributed by atoms with Crippen LogP contribution in [0.2, 0.25) is 0 Å². The predicted octanol–water partition coefficient (Wildman–Crippen LogP) is 4.77. The lowest BCUT2D eigenvalue weighted by Gasteiger charge is -2.23. The summed E-state index contributed by atoms with van der Waals surface area (Å²) in [4.78, 5) is 26.8. The molecule has 0 saturated heterocycles. The van der Waals surface area contributed by atoms with E-state index in [0.29, 0.717) is 5.76 Å². The molecule has 2 aliphatic rings. The van der Waals surface area contributed by atoms with Gasteiger partial charge in [-0.1, -0.05) is 48.5 Å². The minimum Gasteiger partial charge on any atom is -0.430 e. The molecular weight excluding hydrogens is 350 g/mol. The second-order valence-corrected chi connectivity index (χ2v) is 8.59. The summed E-state index contributed by atoms with van der Waals surface area (Å²) in [6.07, 6.45) is 1.94. The second-order valence-electron chi connectivity index (χ2n) is 8.59. The van der Waals surface area contributed by atoms with Crippen molar-refractivity contribution in [3.05, 3.63) is 71.5 Å². The van der Waals surface area contributed by atoms with Crippen LogP contribution >= 0.6 is 0 Å². The molecule has 1 saturated carbocycles. The van der Waals surface area contributed by atoms with E-state index in [1.807, 2.05) is 80.3 Å². The number of ether oxygens (including phenoxy) is 1. The normalized spacial score (nSPS) is 23.1. The predicted molar refractivity (Wildman–Crippen MR) is 110 cm³/mol. The molecule has 3 unspecified atom stereocenters. The number of carbonyl (C=O) groups excluding carboxylic acids is 2. The zero-order valence-electron chi connectivity index (χ0n) is 16.7. The fourth-order valence-corrected chi connectivity index (χ4v) is 4.04. The largest absolute Gasteiger partial charge is 0.430 e. The van der Waals surface area contributed by atoms with E-state index in [-0.39, 0.29) is 29.8 Å². The number of esters is 1. The number of carbonyl (C=O) groups is 2. The van der Waals surface area contributed by atoms with E-state index in [9.17, 15) is 9.59 Å². The molecule has 0 aromatic heterocycles. The Morgan fingerprint density at radius 2 is 1.64 bits per heavy atom. The summed E-state index contributed by atoms with van der Waals surface area (Å²) >= 11 is 0. The molecule has 3 atom stereocenters. The van der Waals surface area contributed by atoms with Gasteiger partial charge in [-0.3, -0.25) is 9.59 Å². The van der Waals surface area contributed by atoms with E-state index in [1.54, 1.807) is 6.92 Å². The zero-order valence-corrected chi connectivity index (χ0v) is 16.7. The Labute approximate surface area is 165 Å². The summed E-state index contributed by atoms with van der Waals surface area (Å²) in [5.41, 5.74) is 2.51. The third-order valence-electron chi connectivity index (χ3n) is 5.43. The maximum absolute atomic E-state index is 12.6. The van der Waals surface area contributed by atoms with E-state index in [4.69, 9.17) is 4.74 Å². The van der Waals surface area contributed by atoms with Crippen molar-refractivity contribution in [1.82, 2.24) is 0 Å². The van der Waals surface area contributed by atoms with Crippen molar-refractivity contribution in [2.24, 2.45) is 11.3 Å². The van der Waals surface area contributed by atoms with Gasteiger partial charge in [0.2, 0.25) is 5.91 Å². The van der Waals surface area contributed by atoms with Crippen molar-refractivity contribution < 1.29 is 14.3 Å². The monoisotopic (exact) mass is 375 g/mol. The molecule has 2 aromatic rings. The molecule has 0 N–H and O–H groups in total. The molecule has 2 aromatic carbocycles. The third kappa shape index (κ3) is 3.13. The average molecular weight is 375 g/mol. The molecule has 28 heavy (non-hydrogen) atoms. The molecule has 0 bridgehead atoms. The van der Waals surface area contributed by atoms with Crippen molar-refractivity contribution >= 4 is 23.6 Å². The van der Waals surface area contributed by atoms with E-state index < -0.39 is 5.41 Å². The number of para-hydroxylation sites is 1. The van der Waals surface area contributed by atoms with E-state index >= 15 is 0 Å². The molecule has 4 heteroatoms. The number of anilines is 1. The highest BCUT2D eigenvalue weighted by atomic mass is 16.5. The molecule has 1 aliphatic heterocycles. The van der Waals surface area contributed by atoms with Crippen LogP contribution in [-0.2, 0) is 14.3 Å². The third-order valence-corrected chi connectivity index (χ3v) is 5.43.